The Hall–Kier alpha value is -2.49. The highest BCUT2D eigenvalue weighted by molar-refractivity contribution is 7.97. The van der Waals surface area contributed by atoms with Gasteiger partial charge in [0, 0.05) is 30.5 Å². The maximum Gasteiger partial charge on any atom is 0.351 e. The second kappa shape index (κ2) is 18.3. The zero-order valence-corrected chi connectivity index (χ0v) is 30.9. The molecule has 15 nitrogen and oxygen atoms in total. The van der Waals surface area contributed by atoms with Crippen molar-refractivity contribution >= 4 is 69.7 Å². The minimum absolute atomic E-state index is 0.0515. The number of hydrogen-bond acceptors (Lipinski definition) is 15. The largest absolute Gasteiger partial charge is 0.438 e. The molecule has 50 heavy (non-hydrogen) atoms. The third-order valence-corrected chi connectivity index (χ3v) is 13.8. The summed E-state index contributed by atoms with van der Waals surface area (Å²) in [7, 11) is -8.84. The number of halogens is 2. The van der Waals surface area contributed by atoms with E-state index in [4.69, 9.17) is 34.9 Å². The molecule has 1 saturated carbocycles. The lowest BCUT2D eigenvalue weighted by Crippen LogP contribution is -2.36. The molecule has 0 spiro atoms. The van der Waals surface area contributed by atoms with Crippen LogP contribution in [0, 0.1) is 11.3 Å². The van der Waals surface area contributed by atoms with Gasteiger partial charge < -0.3 is 28.6 Å². The Bertz CT molecular complexity index is 1670. The summed E-state index contributed by atoms with van der Waals surface area (Å²) in [4.78, 5) is 28.2. The lowest BCUT2D eigenvalue weighted by Gasteiger charge is -2.31. The quantitative estimate of drug-likeness (QED) is 0.0496. The minimum atomic E-state index is -4.55. The van der Waals surface area contributed by atoms with Gasteiger partial charge >= 0.3 is 19.5 Å². The topological polar surface area (TPSA) is 205 Å². The van der Waals surface area contributed by atoms with Crippen molar-refractivity contribution in [3.05, 3.63) is 23.0 Å². The molecule has 2 aliphatic rings. The fraction of sp³-hybridized carbons (Fsp3) is 0.667. The lowest BCUT2D eigenvalue weighted by molar-refractivity contribution is -0.152. The van der Waals surface area contributed by atoms with Gasteiger partial charge in [0.25, 0.3) is 0 Å². The molecule has 2 aromatic rings. The van der Waals surface area contributed by atoms with Crippen LogP contribution < -0.4 is 5.32 Å². The molecule has 0 unspecified atom stereocenters. The smallest absolute Gasteiger partial charge is 0.351 e. The molecule has 1 aliphatic carbocycles. The molecule has 3 atom stereocenters. The normalized spacial score (nSPS) is 22.2. The average Bonchev–Trinajstić information content (AvgIpc) is 3.64. The van der Waals surface area contributed by atoms with Crippen molar-refractivity contribution in [2.24, 2.45) is 0 Å². The van der Waals surface area contributed by atoms with Crippen LogP contribution in [-0.2, 0) is 47.2 Å². The van der Waals surface area contributed by atoms with E-state index in [0.29, 0.717) is 36.0 Å². The van der Waals surface area contributed by atoms with Gasteiger partial charge in [0.1, 0.15) is 29.7 Å². The molecule has 4 rings (SSSR count). The molecule has 0 bridgehead atoms. The lowest BCUT2D eigenvalue weighted by atomic mass is 9.90. The van der Waals surface area contributed by atoms with Crippen molar-refractivity contribution < 1.29 is 54.8 Å². The number of nitrogens with zero attached hydrogens (tertiary/aromatic N) is 3. The van der Waals surface area contributed by atoms with E-state index < -0.39 is 78.0 Å². The van der Waals surface area contributed by atoms with E-state index in [1.807, 2.05) is 19.9 Å². The Labute approximate surface area is 299 Å². The van der Waals surface area contributed by atoms with E-state index >= 15 is 0 Å². The molecule has 0 radical (unpaired) electrons. The summed E-state index contributed by atoms with van der Waals surface area (Å²) in [5.74, 6) is -1.93. The van der Waals surface area contributed by atoms with Gasteiger partial charge in [0.15, 0.2) is 20.5 Å². The Morgan fingerprint density at radius 1 is 1.18 bits per heavy atom. The number of anilines is 1. The van der Waals surface area contributed by atoms with E-state index in [1.54, 1.807) is 16.8 Å². The summed E-state index contributed by atoms with van der Waals surface area (Å²) < 4.78 is 91.9. The Morgan fingerprint density at radius 3 is 2.34 bits per heavy atom. The predicted molar refractivity (Wildman–Crippen MR) is 183 cm³/mol. The van der Waals surface area contributed by atoms with Gasteiger partial charge in [-0.25, -0.2) is 17.8 Å². The number of carbonyl (C=O) groups is 2. The number of sulfone groups is 1. The van der Waals surface area contributed by atoms with Crippen molar-refractivity contribution in [3.63, 3.8) is 0 Å². The standard InChI is InChI=1S/C30H41ClFN4O11PS2/c1-3-5-7-25(37)43-16-45-48(39,46-17-44-26(38)8-6-4-2)18-50(41,42)15-21-13-24(49-40)30(47-21)36-10-9-22-27(34-20-11-19(32)12-20)23(14-33)28(31)35-29(22)36/h9-10,19-21,24,30,40H,3-8,11-13,15-18H2,1-2H3,(H,34,35)/t19-,20+,21-,24+,30+/m0/s1. The van der Waals surface area contributed by atoms with Crippen LogP contribution >= 0.6 is 31.2 Å². The third kappa shape index (κ3) is 10.8. The Kier molecular flexibility index (Phi) is 14.8. The SMILES string of the molecule is CCCCC(=O)OCOP(=O)(CS(=O)(=O)C[C@@H]1C[C@@H](SO)[C@H](n2ccc3c(N[C@H]4C[C@@H](F)C4)c(C#N)c(Cl)nc32)O1)OCOC(=O)CCCC. The van der Waals surface area contributed by atoms with Gasteiger partial charge in [-0.2, -0.15) is 5.26 Å². The van der Waals surface area contributed by atoms with E-state index in [2.05, 4.69) is 10.3 Å². The molecule has 3 heterocycles. The number of unbranched alkanes of at least 4 members (excludes halogenated alkanes) is 2. The van der Waals surface area contributed by atoms with Crippen LogP contribution in [0.4, 0.5) is 10.1 Å². The van der Waals surface area contributed by atoms with E-state index in [9.17, 15) is 36.8 Å². The number of nitrogens with one attached hydrogen (secondary N) is 1. The summed E-state index contributed by atoms with van der Waals surface area (Å²) in [6.45, 7) is 2.06. The molecular formula is C30H41ClFN4O11PS2. The molecule has 1 aliphatic heterocycles. The van der Waals surface area contributed by atoms with Crippen molar-refractivity contribution in [2.75, 3.05) is 30.1 Å². The van der Waals surface area contributed by atoms with Gasteiger partial charge in [-0.3, -0.25) is 23.2 Å². The van der Waals surface area contributed by atoms with Crippen LogP contribution in [0.5, 0.6) is 0 Å². The molecule has 0 aromatic carbocycles. The second-order valence-electron chi connectivity index (χ2n) is 12.0. The van der Waals surface area contributed by atoms with Crippen molar-refractivity contribution in [1.29, 1.82) is 5.26 Å². The van der Waals surface area contributed by atoms with Crippen molar-refractivity contribution in [1.82, 2.24) is 9.55 Å². The molecular weight excluding hydrogens is 742 g/mol. The van der Waals surface area contributed by atoms with Gasteiger partial charge in [0.05, 0.1) is 22.8 Å². The highest BCUT2D eigenvalue weighted by atomic mass is 35.5. The van der Waals surface area contributed by atoms with Crippen LogP contribution in [0.3, 0.4) is 0 Å². The molecule has 2 N–H and O–H groups in total. The number of esters is 2. The number of fused-ring (bicyclic) bond motifs is 1. The summed E-state index contributed by atoms with van der Waals surface area (Å²) >= 11 is 6.83. The fourth-order valence-corrected chi connectivity index (χ4v) is 10.5. The number of aromatic nitrogens is 2. The van der Waals surface area contributed by atoms with E-state index in [0.717, 1.165) is 12.8 Å². The van der Waals surface area contributed by atoms with Crippen LogP contribution in [0.15, 0.2) is 12.3 Å². The molecule has 0 amide bonds. The number of carbonyl (C=O) groups excluding carboxylic acids is 2. The molecule has 1 saturated heterocycles. The number of rotatable bonds is 20. The Balaban J connectivity index is 1.48. The van der Waals surface area contributed by atoms with Crippen LogP contribution in [0.1, 0.15) is 83.4 Å². The first-order chi connectivity index (χ1) is 23.8. The van der Waals surface area contributed by atoms with Gasteiger partial charge in [-0.15, -0.1) is 0 Å². The van der Waals surface area contributed by atoms with Crippen molar-refractivity contribution in [3.8, 4) is 6.07 Å². The van der Waals surface area contributed by atoms with Crippen LogP contribution in [0.2, 0.25) is 5.15 Å². The first kappa shape index (κ1) is 40.3. The Morgan fingerprint density at radius 2 is 1.80 bits per heavy atom. The van der Waals surface area contributed by atoms with Gasteiger partial charge in [-0.1, -0.05) is 38.3 Å². The predicted octanol–water partition coefficient (Wildman–Crippen LogP) is 6.32. The molecule has 20 heteroatoms. The third-order valence-electron chi connectivity index (χ3n) is 8.11. The first-order valence-electron chi connectivity index (χ1n) is 16.2. The number of pyridine rings is 1. The highest BCUT2D eigenvalue weighted by Gasteiger charge is 2.42. The van der Waals surface area contributed by atoms with E-state index in [1.165, 1.54) is 0 Å². The number of nitriles is 1. The summed E-state index contributed by atoms with van der Waals surface area (Å²) in [5, 5.41) is 12.6. The van der Waals surface area contributed by atoms with Gasteiger partial charge in [-0.05, 0) is 50.2 Å². The maximum atomic E-state index is 13.6. The molecule has 2 aromatic heterocycles. The molecule has 2 fully saturated rings. The first-order valence-corrected chi connectivity index (χ1v) is 20.9. The van der Waals surface area contributed by atoms with E-state index in [-0.39, 0.29) is 54.5 Å². The zero-order chi connectivity index (χ0) is 36.5. The second-order valence-corrected chi connectivity index (χ2v) is 17.8. The summed E-state index contributed by atoms with van der Waals surface area (Å²) in [6.07, 6.45) is 2.04. The summed E-state index contributed by atoms with van der Waals surface area (Å²) in [6, 6.07) is 3.49. The average molecular weight is 783 g/mol. The van der Waals surface area contributed by atoms with Crippen molar-refractivity contribution in [2.45, 2.75) is 101 Å². The number of ether oxygens (including phenoxy) is 3. The fourth-order valence-electron chi connectivity index (χ4n) is 5.45. The maximum absolute atomic E-state index is 13.6. The van der Waals surface area contributed by atoms with Crippen LogP contribution in [-0.4, -0.2) is 82.9 Å². The number of hydrogen-bond donors (Lipinski definition) is 2. The van der Waals surface area contributed by atoms with Crippen LogP contribution in [0.25, 0.3) is 11.0 Å². The number of alkyl halides is 1. The highest BCUT2D eigenvalue weighted by Crippen LogP contribution is 2.50. The summed E-state index contributed by atoms with van der Waals surface area (Å²) in [5.41, 5.74) is -0.388. The van der Waals surface area contributed by atoms with Gasteiger partial charge in [0.2, 0.25) is 13.6 Å². The monoisotopic (exact) mass is 782 g/mol. The zero-order valence-electron chi connectivity index (χ0n) is 27.6. The molecule has 278 valence electrons. The minimum Gasteiger partial charge on any atom is -0.438 e.